The van der Waals surface area contributed by atoms with Crippen LogP contribution in [0.4, 0.5) is 4.39 Å². The Bertz CT molecular complexity index is 623. The summed E-state index contributed by atoms with van der Waals surface area (Å²) in [6, 6.07) is 14.5. The zero-order valence-electron chi connectivity index (χ0n) is 13.0. The predicted octanol–water partition coefficient (Wildman–Crippen LogP) is 2.75. The van der Waals surface area contributed by atoms with Crippen LogP contribution in [-0.4, -0.2) is 24.9 Å². The predicted molar refractivity (Wildman–Crippen MR) is 85.8 cm³/mol. The molecule has 0 saturated heterocycles. The van der Waals surface area contributed by atoms with Crippen LogP contribution >= 0.6 is 0 Å². The fraction of sp³-hybridized carbons (Fsp3) is 0.278. The summed E-state index contributed by atoms with van der Waals surface area (Å²) in [4.78, 5) is 14.0. The van der Waals surface area contributed by atoms with Crippen LogP contribution < -0.4 is 5.32 Å². The van der Waals surface area contributed by atoms with Crippen molar-refractivity contribution in [3.05, 3.63) is 71.0 Å². The molecule has 0 unspecified atom stereocenters. The minimum absolute atomic E-state index is 0.0609. The van der Waals surface area contributed by atoms with Gasteiger partial charge in [-0.25, -0.2) is 4.39 Å². The number of hydrogen-bond donors (Lipinski definition) is 1. The molecule has 0 aliphatic rings. The Morgan fingerprint density at radius 2 is 1.68 bits per heavy atom. The quantitative estimate of drug-likeness (QED) is 0.889. The molecule has 2 rings (SSSR count). The van der Waals surface area contributed by atoms with Crippen molar-refractivity contribution in [3.63, 3.8) is 0 Å². The standard InChI is InChI=1S/C18H21FN2O/c1-21(2)13-15-9-7-14(8-10-15)12-20-18(22)11-16-5-3-4-6-17(16)19/h3-10H,11-13H2,1-2H3,(H,20,22). The second-order valence-electron chi connectivity index (χ2n) is 5.60. The first-order valence-electron chi connectivity index (χ1n) is 7.27. The second-order valence-corrected chi connectivity index (χ2v) is 5.60. The highest BCUT2D eigenvalue weighted by molar-refractivity contribution is 5.78. The van der Waals surface area contributed by atoms with Gasteiger partial charge in [-0.3, -0.25) is 4.79 Å². The third-order valence-corrected chi connectivity index (χ3v) is 3.32. The number of carbonyl (C=O) groups is 1. The summed E-state index contributed by atoms with van der Waals surface area (Å²) in [6.45, 7) is 1.34. The Kier molecular flexibility index (Phi) is 5.67. The summed E-state index contributed by atoms with van der Waals surface area (Å²) >= 11 is 0. The molecule has 0 aliphatic carbocycles. The maximum absolute atomic E-state index is 13.5. The molecule has 0 saturated carbocycles. The van der Waals surface area contributed by atoms with E-state index in [1.54, 1.807) is 18.2 Å². The SMILES string of the molecule is CN(C)Cc1ccc(CNC(=O)Cc2ccccc2F)cc1. The Labute approximate surface area is 130 Å². The van der Waals surface area contributed by atoms with Crippen molar-refractivity contribution < 1.29 is 9.18 Å². The van der Waals surface area contributed by atoms with Gasteiger partial charge in [0.1, 0.15) is 5.82 Å². The average molecular weight is 300 g/mol. The molecule has 3 nitrogen and oxygen atoms in total. The van der Waals surface area contributed by atoms with Crippen LogP contribution in [0.1, 0.15) is 16.7 Å². The number of nitrogens with zero attached hydrogens (tertiary/aromatic N) is 1. The molecule has 116 valence electrons. The van der Waals surface area contributed by atoms with Crippen LogP contribution in [0.3, 0.4) is 0 Å². The molecule has 0 atom stereocenters. The summed E-state index contributed by atoms with van der Waals surface area (Å²) in [5.74, 6) is -0.520. The normalized spacial score (nSPS) is 10.7. The highest BCUT2D eigenvalue weighted by atomic mass is 19.1. The maximum atomic E-state index is 13.5. The van der Waals surface area contributed by atoms with E-state index in [-0.39, 0.29) is 18.1 Å². The van der Waals surface area contributed by atoms with Crippen molar-refractivity contribution in [2.24, 2.45) is 0 Å². The maximum Gasteiger partial charge on any atom is 0.224 e. The molecule has 22 heavy (non-hydrogen) atoms. The Morgan fingerprint density at radius 3 is 2.32 bits per heavy atom. The van der Waals surface area contributed by atoms with E-state index < -0.39 is 0 Å². The summed E-state index contributed by atoms with van der Waals surface area (Å²) in [5, 5.41) is 2.82. The van der Waals surface area contributed by atoms with Gasteiger partial charge in [-0.1, -0.05) is 42.5 Å². The van der Waals surface area contributed by atoms with Gasteiger partial charge in [0.2, 0.25) is 5.91 Å². The fourth-order valence-corrected chi connectivity index (χ4v) is 2.21. The zero-order valence-corrected chi connectivity index (χ0v) is 13.0. The van der Waals surface area contributed by atoms with Crippen molar-refractivity contribution in [2.75, 3.05) is 14.1 Å². The molecule has 4 heteroatoms. The number of hydrogen-bond acceptors (Lipinski definition) is 2. The van der Waals surface area contributed by atoms with Gasteiger partial charge in [-0.15, -0.1) is 0 Å². The van der Waals surface area contributed by atoms with Gasteiger partial charge in [-0.2, -0.15) is 0 Å². The monoisotopic (exact) mass is 300 g/mol. The lowest BCUT2D eigenvalue weighted by Gasteiger charge is -2.10. The first kappa shape index (κ1) is 16.2. The van der Waals surface area contributed by atoms with E-state index in [4.69, 9.17) is 0 Å². The van der Waals surface area contributed by atoms with Crippen molar-refractivity contribution in [1.82, 2.24) is 10.2 Å². The topological polar surface area (TPSA) is 32.3 Å². The highest BCUT2D eigenvalue weighted by Gasteiger charge is 2.07. The largest absolute Gasteiger partial charge is 0.352 e. The molecular formula is C18H21FN2O. The van der Waals surface area contributed by atoms with Crippen LogP contribution in [0.25, 0.3) is 0 Å². The molecule has 0 aromatic heterocycles. The number of carbonyl (C=O) groups excluding carboxylic acids is 1. The Hall–Kier alpha value is -2.20. The first-order chi connectivity index (χ1) is 10.5. The lowest BCUT2D eigenvalue weighted by molar-refractivity contribution is -0.120. The van der Waals surface area contributed by atoms with Crippen LogP contribution in [0.15, 0.2) is 48.5 Å². The third kappa shape index (κ3) is 4.97. The van der Waals surface area contributed by atoms with Crippen molar-refractivity contribution >= 4 is 5.91 Å². The summed E-state index contributed by atoms with van der Waals surface area (Å²) in [7, 11) is 4.05. The molecule has 1 amide bonds. The van der Waals surface area contributed by atoms with Crippen molar-refractivity contribution in [3.8, 4) is 0 Å². The average Bonchev–Trinajstić information content (AvgIpc) is 2.48. The van der Waals surface area contributed by atoms with E-state index in [1.165, 1.54) is 11.6 Å². The minimum Gasteiger partial charge on any atom is -0.352 e. The van der Waals surface area contributed by atoms with Crippen LogP contribution in [0.2, 0.25) is 0 Å². The third-order valence-electron chi connectivity index (χ3n) is 3.32. The first-order valence-corrected chi connectivity index (χ1v) is 7.27. The van der Waals surface area contributed by atoms with E-state index in [0.717, 1.165) is 12.1 Å². The molecule has 0 aliphatic heterocycles. The Balaban J connectivity index is 1.85. The van der Waals surface area contributed by atoms with Gasteiger partial charge in [0.05, 0.1) is 6.42 Å². The molecule has 0 heterocycles. The highest BCUT2D eigenvalue weighted by Crippen LogP contribution is 2.08. The summed E-state index contributed by atoms with van der Waals surface area (Å²) < 4.78 is 13.5. The van der Waals surface area contributed by atoms with E-state index in [0.29, 0.717) is 12.1 Å². The van der Waals surface area contributed by atoms with Crippen LogP contribution in [-0.2, 0) is 24.3 Å². The summed E-state index contributed by atoms with van der Waals surface area (Å²) in [5.41, 5.74) is 2.68. The van der Waals surface area contributed by atoms with Crippen molar-refractivity contribution in [2.45, 2.75) is 19.5 Å². The molecular weight excluding hydrogens is 279 g/mol. The molecule has 1 N–H and O–H groups in total. The van der Waals surface area contributed by atoms with E-state index in [9.17, 15) is 9.18 Å². The molecule has 2 aromatic rings. The smallest absolute Gasteiger partial charge is 0.224 e. The van der Waals surface area contributed by atoms with Crippen LogP contribution in [0.5, 0.6) is 0 Å². The van der Waals surface area contributed by atoms with Gasteiger partial charge in [0.15, 0.2) is 0 Å². The van der Waals surface area contributed by atoms with E-state index >= 15 is 0 Å². The fourth-order valence-electron chi connectivity index (χ4n) is 2.21. The number of nitrogens with one attached hydrogen (secondary N) is 1. The lowest BCUT2D eigenvalue weighted by atomic mass is 10.1. The van der Waals surface area contributed by atoms with Gasteiger partial charge in [-0.05, 0) is 36.9 Å². The lowest BCUT2D eigenvalue weighted by Crippen LogP contribution is -2.24. The number of benzene rings is 2. The van der Waals surface area contributed by atoms with Gasteiger partial charge in [0.25, 0.3) is 0 Å². The zero-order chi connectivity index (χ0) is 15.9. The van der Waals surface area contributed by atoms with Gasteiger partial charge < -0.3 is 10.2 Å². The molecule has 0 spiro atoms. The number of rotatable bonds is 6. The van der Waals surface area contributed by atoms with Crippen LogP contribution in [0, 0.1) is 5.82 Å². The van der Waals surface area contributed by atoms with Gasteiger partial charge in [0, 0.05) is 13.1 Å². The molecule has 2 aromatic carbocycles. The molecule has 0 bridgehead atoms. The van der Waals surface area contributed by atoms with Gasteiger partial charge >= 0.3 is 0 Å². The molecule has 0 fully saturated rings. The molecule has 0 radical (unpaired) electrons. The van der Waals surface area contributed by atoms with E-state index in [2.05, 4.69) is 22.3 Å². The Morgan fingerprint density at radius 1 is 1.05 bits per heavy atom. The van der Waals surface area contributed by atoms with E-state index in [1.807, 2.05) is 26.2 Å². The summed E-state index contributed by atoms with van der Waals surface area (Å²) in [6.07, 6.45) is 0.0609. The van der Waals surface area contributed by atoms with Crippen molar-refractivity contribution in [1.29, 1.82) is 0 Å². The minimum atomic E-state index is -0.342. The number of amides is 1. The number of halogens is 1. The second kappa shape index (κ2) is 7.71.